The summed E-state index contributed by atoms with van der Waals surface area (Å²) in [7, 11) is 0. The van der Waals surface area contributed by atoms with Crippen LogP contribution in [0.25, 0.3) is 0 Å². The molecule has 1 N–H and O–H groups in total. The second-order valence-electron chi connectivity index (χ2n) is 6.04. The summed E-state index contributed by atoms with van der Waals surface area (Å²) in [6, 6.07) is 7.18. The molecule has 2 heterocycles. The van der Waals surface area contributed by atoms with Gasteiger partial charge in [0, 0.05) is 25.1 Å². The maximum atomic E-state index is 12.5. The van der Waals surface area contributed by atoms with Crippen molar-refractivity contribution in [3.8, 4) is 0 Å². The van der Waals surface area contributed by atoms with Crippen LogP contribution < -0.4 is 5.32 Å². The molecular weight excluding hydrogens is 400 g/mol. The number of carbonyl (C=O) groups is 3. The highest BCUT2D eigenvalue weighted by Crippen LogP contribution is 2.26. The fourth-order valence-electron chi connectivity index (χ4n) is 2.71. The van der Waals surface area contributed by atoms with Crippen molar-refractivity contribution in [3.05, 3.63) is 35.4 Å². The first-order valence-electron chi connectivity index (χ1n) is 8.85. The molecular formula is C18H20N4O4S2. The van der Waals surface area contributed by atoms with E-state index in [1.54, 1.807) is 30.0 Å². The Bertz CT molecular complexity index is 871. The van der Waals surface area contributed by atoms with Crippen molar-refractivity contribution in [3.63, 3.8) is 0 Å². The second kappa shape index (κ2) is 9.65. The van der Waals surface area contributed by atoms with E-state index >= 15 is 0 Å². The number of hydrogen-bond acceptors (Lipinski definition) is 8. The number of hydrogen-bond donors (Lipinski definition) is 1. The number of nitrogens with zero attached hydrogens (tertiary/aromatic N) is 3. The molecule has 1 aliphatic rings. The summed E-state index contributed by atoms with van der Waals surface area (Å²) in [5.74, 6) is -0.320. The van der Waals surface area contributed by atoms with E-state index < -0.39 is 0 Å². The molecule has 1 aromatic carbocycles. The molecule has 0 bridgehead atoms. The molecule has 1 aromatic heterocycles. The van der Waals surface area contributed by atoms with Gasteiger partial charge in [-0.15, -0.1) is 10.2 Å². The van der Waals surface area contributed by atoms with Crippen molar-refractivity contribution in [1.82, 2.24) is 15.1 Å². The molecule has 3 rings (SSSR count). The molecule has 0 saturated carbocycles. The van der Waals surface area contributed by atoms with Gasteiger partial charge in [-0.05, 0) is 31.0 Å². The van der Waals surface area contributed by atoms with Crippen LogP contribution in [0.15, 0.2) is 28.6 Å². The molecule has 1 saturated heterocycles. The van der Waals surface area contributed by atoms with Gasteiger partial charge in [-0.1, -0.05) is 35.2 Å². The first-order chi connectivity index (χ1) is 13.5. The number of ether oxygens (including phenoxy) is 1. The molecule has 10 heteroatoms. The van der Waals surface area contributed by atoms with Crippen LogP contribution in [0.1, 0.15) is 35.7 Å². The monoisotopic (exact) mass is 420 g/mol. The van der Waals surface area contributed by atoms with Gasteiger partial charge < -0.3 is 9.64 Å². The normalized spacial score (nSPS) is 13.6. The summed E-state index contributed by atoms with van der Waals surface area (Å²) in [6.07, 6.45) is 1.47. The van der Waals surface area contributed by atoms with Crippen LogP contribution in [-0.2, 0) is 20.9 Å². The minimum atomic E-state index is -0.318. The zero-order valence-electron chi connectivity index (χ0n) is 15.3. The molecule has 2 aromatic rings. The Labute approximate surface area is 170 Å². The van der Waals surface area contributed by atoms with E-state index in [2.05, 4.69) is 15.5 Å². The molecule has 148 valence electrons. The summed E-state index contributed by atoms with van der Waals surface area (Å²) in [5.41, 5.74) is 1.39. The number of thioether (sulfide) groups is 1. The lowest BCUT2D eigenvalue weighted by molar-refractivity contribution is -0.139. The van der Waals surface area contributed by atoms with Gasteiger partial charge in [-0.25, -0.2) is 0 Å². The fourth-order valence-corrected chi connectivity index (χ4v) is 4.26. The van der Waals surface area contributed by atoms with E-state index in [1.165, 1.54) is 23.1 Å². The molecule has 0 unspecified atom stereocenters. The third-order valence-electron chi connectivity index (χ3n) is 3.98. The lowest BCUT2D eigenvalue weighted by atomic mass is 10.1. The van der Waals surface area contributed by atoms with Crippen molar-refractivity contribution < 1.29 is 19.1 Å². The first-order valence-corrected chi connectivity index (χ1v) is 10.7. The van der Waals surface area contributed by atoms with Gasteiger partial charge >= 0.3 is 5.97 Å². The molecule has 0 radical (unpaired) electrons. The van der Waals surface area contributed by atoms with Crippen molar-refractivity contribution in [1.29, 1.82) is 0 Å². The molecule has 0 atom stereocenters. The molecule has 0 aliphatic carbocycles. The third kappa shape index (κ3) is 5.52. The molecule has 0 spiro atoms. The summed E-state index contributed by atoms with van der Waals surface area (Å²) < 4.78 is 5.43. The average molecular weight is 421 g/mol. The quantitative estimate of drug-likeness (QED) is 0.398. The first kappa shape index (κ1) is 20.3. The van der Waals surface area contributed by atoms with Gasteiger partial charge in [0.25, 0.3) is 5.91 Å². The van der Waals surface area contributed by atoms with E-state index in [1.807, 2.05) is 6.07 Å². The minimum absolute atomic E-state index is 0.147. The maximum Gasteiger partial charge on any atom is 0.316 e. The Hall–Kier alpha value is -2.46. The number of esters is 1. The van der Waals surface area contributed by atoms with Crippen molar-refractivity contribution in [2.75, 3.05) is 24.2 Å². The Morgan fingerprint density at radius 1 is 1.36 bits per heavy atom. The highest BCUT2D eigenvalue weighted by Gasteiger charge is 2.20. The van der Waals surface area contributed by atoms with E-state index in [9.17, 15) is 14.4 Å². The SMILES string of the molecule is CCOC(=O)CSc1nnc(NC(=O)c2cccc(CN3CCCC3=O)c2)s1. The van der Waals surface area contributed by atoms with E-state index in [0.717, 1.165) is 18.5 Å². The Morgan fingerprint density at radius 2 is 2.21 bits per heavy atom. The van der Waals surface area contributed by atoms with E-state index in [0.29, 0.717) is 34.6 Å². The number of benzene rings is 1. The van der Waals surface area contributed by atoms with Crippen molar-refractivity contribution >= 4 is 46.0 Å². The predicted molar refractivity (Wildman–Crippen MR) is 106 cm³/mol. The largest absolute Gasteiger partial charge is 0.465 e. The van der Waals surface area contributed by atoms with Crippen LogP contribution in [0.3, 0.4) is 0 Å². The van der Waals surface area contributed by atoms with Gasteiger partial charge in [0.1, 0.15) is 0 Å². The molecule has 8 nitrogen and oxygen atoms in total. The predicted octanol–water partition coefficient (Wildman–Crippen LogP) is 2.57. The van der Waals surface area contributed by atoms with Gasteiger partial charge in [-0.3, -0.25) is 19.7 Å². The van der Waals surface area contributed by atoms with Gasteiger partial charge in [-0.2, -0.15) is 0 Å². The molecule has 1 fully saturated rings. The van der Waals surface area contributed by atoms with Crippen molar-refractivity contribution in [2.24, 2.45) is 0 Å². The van der Waals surface area contributed by atoms with Crippen molar-refractivity contribution in [2.45, 2.75) is 30.6 Å². The summed E-state index contributed by atoms with van der Waals surface area (Å²) >= 11 is 2.41. The number of carbonyl (C=O) groups excluding carboxylic acids is 3. The van der Waals surface area contributed by atoms with Crippen LogP contribution in [0, 0.1) is 0 Å². The smallest absolute Gasteiger partial charge is 0.316 e. The fraction of sp³-hybridized carbons (Fsp3) is 0.389. The van der Waals surface area contributed by atoms with Crippen LogP contribution in [0.4, 0.5) is 5.13 Å². The van der Waals surface area contributed by atoms with Crippen LogP contribution >= 0.6 is 23.1 Å². The average Bonchev–Trinajstić information content (AvgIpc) is 3.29. The zero-order chi connectivity index (χ0) is 19.9. The number of nitrogens with one attached hydrogen (secondary N) is 1. The van der Waals surface area contributed by atoms with Gasteiger partial charge in [0.15, 0.2) is 4.34 Å². The Balaban J connectivity index is 1.57. The van der Waals surface area contributed by atoms with Crippen LogP contribution in [0.2, 0.25) is 0 Å². The zero-order valence-corrected chi connectivity index (χ0v) is 17.0. The topological polar surface area (TPSA) is 101 Å². The number of likely N-dealkylation sites (tertiary alicyclic amines) is 1. The maximum absolute atomic E-state index is 12.5. The number of aromatic nitrogens is 2. The number of anilines is 1. The Kier molecular flexibility index (Phi) is 6.99. The standard InChI is InChI=1S/C18H20N4O4S2/c1-2-26-15(24)11-27-18-21-20-17(28-18)19-16(25)13-6-3-5-12(9-13)10-22-8-4-7-14(22)23/h3,5-6,9H,2,4,7-8,10-11H2,1H3,(H,19,20,25). The molecule has 2 amide bonds. The Morgan fingerprint density at radius 3 is 2.96 bits per heavy atom. The van der Waals surface area contributed by atoms with Gasteiger partial charge in [0.05, 0.1) is 12.4 Å². The summed E-state index contributed by atoms with van der Waals surface area (Å²) in [6.45, 7) is 3.35. The number of rotatable bonds is 8. The second-order valence-corrected chi connectivity index (χ2v) is 8.24. The minimum Gasteiger partial charge on any atom is -0.465 e. The molecule has 28 heavy (non-hydrogen) atoms. The summed E-state index contributed by atoms with van der Waals surface area (Å²) in [4.78, 5) is 37.5. The highest BCUT2D eigenvalue weighted by molar-refractivity contribution is 8.01. The van der Waals surface area contributed by atoms with Gasteiger partial charge in [0.2, 0.25) is 11.0 Å². The summed E-state index contributed by atoms with van der Waals surface area (Å²) in [5, 5.41) is 11.0. The van der Waals surface area contributed by atoms with E-state index in [4.69, 9.17) is 4.74 Å². The molecule has 1 aliphatic heterocycles. The highest BCUT2D eigenvalue weighted by atomic mass is 32.2. The lowest BCUT2D eigenvalue weighted by Gasteiger charge is -2.15. The van der Waals surface area contributed by atoms with Crippen LogP contribution in [-0.4, -0.2) is 51.8 Å². The third-order valence-corrected chi connectivity index (χ3v) is 5.93. The number of amides is 2. The van der Waals surface area contributed by atoms with E-state index in [-0.39, 0.29) is 23.5 Å². The lowest BCUT2D eigenvalue weighted by Crippen LogP contribution is -2.24. The van der Waals surface area contributed by atoms with Crippen LogP contribution in [0.5, 0.6) is 0 Å².